The minimum Gasteiger partial charge on any atom is -0.201 e. The molecule has 0 N–H and O–H groups in total. The molecule has 1 aromatic rings. The Balaban J connectivity index is 3.25. The van der Waals surface area contributed by atoms with Crippen LogP contribution in [0.3, 0.4) is 0 Å². The first-order valence-electron chi connectivity index (χ1n) is 3.49. The lowest BCUT2D eigenvalue weighted by Gasteiger charge is -1.97. The van der Waals surface area contributed by atoms with Crippen LogP contribution in [0, 0.1) is 10.9 Å². The molecular weight excluding hydrogens is 210 g/mol. The van der Waals surface area contributed by atoms with Crippen molar-refractivity contribution in [2.45, 2.75) is 11.8 Å². The second kappa shape index (κ2) is 4.07. The lowest BCUT2D eigenvalue weighted by molar-refractivity contribution is 0.515. The van der Waals surface area contributed by atoms with E-state index in [9.17, 15) is 8.78 Å². The third kappa shape index (κ3) is 2.00. The molecule has 0 radical (unpaired) electrons. The average molecular weight is 218 g/mol. The van der Waals surface area contributed by atoms with Crippen LogP contribution in [-0.4, -0.2) is 0 Å². The molecule has 0 bridgehead atoms. The van der Waals surface area contributed by atoms with Crippen molar-refractivity contribution < 1.29 is 8.78 Å². The summed E-state index contributed by atoms with van der Waals surface area (Å²) >= 11 is 1.86. The molecule has 0 aliphatic carbocycles. The molecule has 1 aromatic heterocycles. The van der Waals surface area contributed by atoms with Gasteiger partial charge in [0.25, 0.3) is 0 Å². The minimum absolute atomic E-state index is 0.282. The minimum atomic E-state index is -0.798. The molecule has 0 unspecified atom stereocenters. The van der Waals surface area contributed by atoms with Gasteiger partial charge in [-0.2, -0.15) is 4.39 Å². The summed E-state index contributed by atoms with van der Waals surface area (Å²) in [5.74, 6) is -0.798. The molecule has 0 nitrogen and oxygen atoms in total. The number of hydrogen-bond donors (Lipinski definition) is 0. The van der Waals surface area contributed by atoms with Crippen LogP contribution in [0.1, 0.15) is 11.8 Å². The van der Waals surface area contributed by atoms with Crippen molar-refractivity contribution in [2.75, 3.05) is 0 Å². The number of halogens is 2. The van der Waals surface area contributed by atoms with E-state index in [2.05, 4.69) is 13.2 Å². The lowest BCUT2D eigenvalue weighted by atomic mass is 10.3. The van der Waals surface area contributed by atoms with Crippen LogP contribution in [-0.2, 0) is 0 Å². The Labute approximate surface area is 84.0 Å². The highest BCUT2D eigenvalue weighted by atomic mass is 32.2. The molecule has 0 amide bonds. The number of hydrogen-bond acceptors (Lipinski definition) is 2. The first kappa shape index (κ1) is 10.5. The molecule has 1 heterocycles. The van der Waals surface area contributed by atoms with Crippen LogP contribution >= 0.6 is 23.1 Å². The van der Waals surface area contributed by atoms with Gasteiger partial charge in [-0.15, -0.1) is 11.3 Å². The standard InChI is InChI=1S/C9H8F2S2/c1-4-12-8-6(10)9(11)13-7(8)5(2)3/h4H,1-2H2,3H3. The van der Waals surface area contributed by atoms with Crippen molar-refractivity contribution in [2.24, 2.45) is 0 Å². The third-order valence-electron chi connectivity index (χ3n) is 1.36. The normalized spacial score (nSPS) is 10.1. The summed E-state index contributed by atoms with van der Waals surface area (Å²) < 4.78 is 25.9. The number of allylic oxidation sites excluding steroid dienone is 1. The zero-order valence-corrected chi connectivity index (χ0v) is 8.70. The van der Waals surface area contributed by atoms with Crippen molar-refractivity contribution in [3.8, 4) is 0 Å². The first-order valence-corrected chi connectivity index (χ1v) is 5.18. The summed E-state index contributed by atoms with van der Waals surface area (Å²) in [5.41, 5.74) is 0.664. The summed E-state index contributed by atoms with van der Waals surface area (Å²) in [5, 5.41) is 0.680. The van der Waals surface area contributed by atoms with Gasteiger partial charge in [-0.1, -0.05) is 24.9 Å². The molecule has 4 heteroatoms. The van der Waals surface area contributed by atoms with Gasteiger partial charge >= 0.3 is 0 Å². The number of rotatable bonds is 3. The zero-order chi connectivity index (χ0) is 10.0. The van der Waals surface area contributed by atoms with Crippen LogP contribution in [0.15, 0.2) is 23.5 Å². The summed E-state index contributed by atoms with van der Waals surface area (Å²) in [4.78, 5) is 0.838. The molecule has 0 aliphatic rings. The van der Waals surface area contributed by atoms with E-state index in [0.29, 0.717) is 10.5 Å². The van der Waals surface area contributed by atoms with Crippen LogP contribution in [0.2, 0.25) is 0 Å². The van der Waals surface area contributed by atoms with Crippen LogP contribution in [0.25, 0.3) is 5.57 Å². The molecule has 70 valence electrons. The van der Waals surface area contributed by atoms with E-state index in [1.165, 1.54) is 5.41 Å². The number of thioether (sulfide) groups is 1. The highest BCUT2D eigenvalue weighted by molar-refractivity contribution is 8.02. The third-order valence-corrected chi connectivity index (χ3v) is 3.39. The van der Waals surface area contributed by atoms with Crippen molar-refractivity contribution in [1.82, 2.24) is 0 Å². The van der Waals surface area contributed by atoms with Gasteiger partial charge in [0.05, 0.1) is 4.90 Å². The van der Waals surface area contributed by atoms with Crippen LogP contribution in [0.5, 0.6) is 0 Å². The predicted octanol–water partition coefficient (Wildman–Crippen LogP) is 4.30. The van der Waals surface area contributed by atoms with Crippen molar-refractivity contribution in [3.63, 3.8) is 0 Å². The number of thiophene rings is 1. The molecule has 13 heavy (non-hydrogen) atoms. The highest BCUT2D eigenvalue weighted by Gasteiger charge is 2.18. The second-order valence-electron chi connectivity index (χ2n) is 2.41. The van der Waals surface area contributed by atoms with Gasteiger partial charge < -0.3 is 0 Å². The summed E-state index contributed by atoms with van der Waals surface area (Å²) in [7, 11) is 0. The Morgan fingerprint density at radius 2 is 2.15 bits per heavy atom. The molecule has 0 spiro atoms. The van der Waals surface area contributed by atoms with E-state index in [1.54, 1.807) is 6.92 Å². The van der Waals surface area contributed by atoms with Gasteiger partial charge in [0.15, 0.2) is 5.82 Å². The van der Waals surface area contributed by atoms with Gasteiger partial charge in [-0.05, 0) is 17.9 Å². The van der Waals surface area contributed by atoms with Crippen molar-refractivity contribution in [1.29, 1.82) is 0 Å². The van der Waals surface area contributed by atoms with Crippen molar-refractivity contribution >= 4 is 28.7 Å². The van der Waals surface area contributed by atoms with Crippen molar-refractivity contribution in [3.05, 3.63) is 34.4 Å². The van der Waals surface area contributed by atoms with E-state index in [4.69, 9.17) is 0 Å². The highest BCUT2D eigenvalue weighted by Crippen LogP contribution is 2.37. The van der Waals surface area contributed by atoms with E-state index >= 15 is 0 Å². The Bertz CT molecular complexity index is 353. The fourth-order valence-corrected chi connectivity index (χ4v) is 2.54. The van der Waals surface area contributed by atoms with Gasteiger partial charge in [0.2, 0.25) is 5.13 Å². The van der Waals surface area contributed by atoms with E-state index in [1.807, 2.05) is 0 Å². The predicted molar refractivity (Wildman–Crippen MR) is 55.0 cm³/mol. The Hall–Kier alpha value is -0.610. The van der Waals surface area contributed by atoms with Crippen LogP contribution < -0.4 is 0 Å². The molecule has 0 aromatic carbocycles. The zero-order valence-electron chi connectivity index (χ0n) is 7.06. The molecular formula is C9H8F2S2. The largest absolute Gasteiger partial charge is 0.214 e. The first-order chi connectivity index (χ1) is 6.07. The summed E-state index contributed by atoms with van der Waals surface area (Å²) in [6.45, 7) is 8.83. The maximum Gasteiger partial charge on any atom is 0.214 e. The maximum atomic E-state index is 13.1. The Morgan fingerprint density at radius 3 is 2.62 bits per heavy atom. The van der Waals surface area contributed by atoms with Gasteiger partial charge in [-0.25, -0.2) is 4.39 Å². The summed E-state index contributed by atoms with van der Waals surface area (Å²) in [6, 6.07) is 0. The van der Waals surface area contributed by atoms with E-state index < -0.39 is 10.9 Å². The average Bonchev–Trinajstić information content (AvgIpc) is 2.33. The smallest absolute Gasteiger partial charge is 0.201 e. The van der Waals surface area contributed by atoms with Crippen LogP contribution in [0.4, 0.5) is 8.78 Å². The lowest BCUT2D eigenvalue weighted by Crippen LogP contribution is -1.78. The van der Waals surface area contributed by atoms with E-state index in [-0.39, 0.29) is 4.90 Å². The SMILES string of the molecule is C=CSc1c(C(=C)C)sc(F)c1F. The Morgan fingerprint density at radius 1 is 1.54 bits per heavy atom. The fourth-order valence-electron chi connectivity index (χ4n) is 0.839. The second-order valence-corrected chi connectivity index (χ2v) is 4.36. The molecule has 0 aliphatic heterocycles. The van der Waals surface area contributed by atoms with Gasteiger partial charge in [-0.3, -0.25) is 0 Å². The van der Waals surface area contributed by atoms with E-state index in [0.717, 1.165) is 23.1 Å². The van der Waals surface area contributed by atoms with Gasteiger partial charge in [0.1, 0.15) is 0 Å². The maximum absolute atomic E-state index is 13.1. The molecule has 0 atom stereocenters. The fraction of sp³-hybridized carbons (Fsp3) is 0.111. The quantitative estimate of drug-likeness (QED) is 0.682. The monoisotopic (exact) mass is 218 g/mol. The topological polar surface area (TPSA) is 0 Å². The Kier molecular flexibility index (Phi) is 3.27. The molecule has 0 saturated heterocycles. The van der Waals surface area contributed by atoms with Gasteiger partial charge in [0, 0.05) is 4.88 Å². The molecule has 1 rings (SSSR count). The molecule has 0 saturated carbocycles. The summed E-state index contributed by atoms with van der Waals surface area (Å²) in [6.07, 6.45) is 0. The molecule has 0 fully saturated rings.